The van der Waals surface area contributed by atoms with Crippen LogP contribution in [-0.2, 0) is 14.6 Å². The van der Waals surface area contributed by atoms with Gasteiger partial charge in [0.2, 0.25) is 5.60 Å². The second-order valence-corrected chi connectivity index (χ2v) is 7.28. The quantitative estimate of drug-likeness (QED) is 0.845. The van der Waals surface area contributed by atoms with Crippen molar-refractivity contribution in [3.8, 4) is 0 Å². The number of amides is 1. The lowest BCUT2D eigenvalue weighted by molar-refractivity contribution is -0.242. The van der Waals surface area contributed by atoms with Gasteiger partial charge in [0.15, 0.2) is 9.84 Å². The number of anilines is 1. The molecular formula is C11H10Cl2F3NO4S. The number of nitrogens with one attached hydrogen (secondary N) is 1. The summed E-state index contributed by atoms with van der Waals surface area (Å²) in [6.07, 6.45) is -4.35. The minimum Gasteiger partial charge on any atom is -0.373 e. The van der Waals surface area contributed by atoms with Gasteiger partial charge in [-0.1, -0.05) is 23.2 Å². The van der Waals surface area contributed by atoms with Crippen molar-refractivity contribution in [3.05, 3.63) is 22.2 Å². The molecule has 1 rings (SSSR count). The van der Waals surface area contributed by atoms with Gasteiger partial charge in [0.25, 0.3) is 5.91 Å². The molecule has 0 fully saturated rings. The third-order valence-corrected chi connectivity index (χ3v) is 4.82. The van der Waals surface area contributed by atoms with Crippen molar-refractivity contribution in [3.63, 3.8) is 0 Å². The summed E-state index contributed by atoms with van der Waals surface area (Å²) in [6.45, 7) is 0.267. The summed E-state index contributed by atoms with van der Waals surface area (Å²) in [4.78, 5) is 11.2. The molecule has 0 saturated heterocycles. The largest absolute Gasteiger partial charge is 0.426 e. The Morgan fingerprint density at radius 1 is 1.23 bits per heavy atom. The second kappa shape index (κ2) is 5.88. The molecule has 5 nitrogen and oxygen atoms in total. The Kier molecular flexibility index (Phi) is 5.08. The second-order valence-electron chi connectivity index (χ2n) is 4.54. The summed E-state index contributed by atoms with van der Waals surface area (Å²) in [5.74, 6) is -1.79. The number of halogens is 5. The van der Waals surface area contributed by atoms with Crippen molar-refractivity contribution in [2.75, 3.05) is 11.6 Å². The van der Waals surface area contributed by atoms with E-state index in [1.54, 1.807) is 5.32 Å². The Morgan fingerprint density at radius 2 is 1.73 bits per heavy atom. The molecule has 124 valence electrons. The van der Waals surface area contributed by atoms with E-state index >= 15 is 0 Å². The summed E-state index contributed by atoms with van der Waals surface area (Å²) < 4.78 is 60.4. The van der Waals surface area contributed by atoms with Crippen LogP contribution < -0.4 is 5.32 Å². The molecule has 0 bridgehead atoms. The highest BCUT2D eigenvalue weighted by Gasteiger charge is 2.55. The first-order valence-electron chi connectivity index (χ1n) is 5.48. The number of rotatable bonds is 3. The molecule has 1 aromatic rings. The third kappa shape index (κ3) is 3.65. The Balaban J connectivity index is 3.22. The SMILES string of the molecule is CC(O)(C(=O)Nc1ccc(S(C)(=O)=O)c(Cl)c1Cl)C(F)(F)F. The van der Waals surface area contributed by atoms with Gasteiger partial charge < -0.3 is 10.4 Å². The molecule has 22 heavy (non-hydrogen) atoms. The number of alkyl halides is 3. The van der Waals surface area contributed by atoms with Crippen LogP contribution in [0.3, 0.4) is 0 Å². The fourth-order valence-corrected chi connectivity index (χ4v) is 2.88. The number of aliphatic hydroxyl groups is 1. The number of hydrogen-bond acceptors (Lipinski definition) is 4. The normalized spacial score (nSPS) is 15.3. The molecule has 0 aliphatic rings. The van der Waals surface area contributed by atoms with Crippen LogP contribution in [0.1, 0.15) is 6.92 Å². The highest BCUT2D eigenvalue weighted by Crippen LogP contribution is 2.37. The lowest BCUT2D eigenvalue weighted by atomic mass is 10.1. The van der Waals surface area contributed by atoms with Crippen LogP contribution in [0.15, 0.2) is 17.0 Å². The van der Waals surface area contributed by atoms with Gasteiger partial charge in [-0.2, -0.15) is 13.2 Å². The van der Waals surface area contributed by atoms with E-state index in [4.69, 9.17) is 23.2 Å². The first-order valence-corrected chi connectivity index (χ1v) is 8.13. The van der Waals surface area contributed by atoms with Crippen LogP contribution in [0.5, 0.6) is 0 Å². The maximum absolute atomic E-state index is 12.5. The number of carbonyl (C=O) groups is 1. The van der Waals surface area contributed by atoms with Gasteiger partial charge in [0.05, 0.1) is 20.6 Å². The zero-order chi connectivity index (χ0) is 17.5. The van der Waals surface area contributed by atoms with Crippen molar-refractivity contribution in [1.82, 2.24) is 0 Å². The van der Waals surface area contributed by atoms with Crippen LogP contribution in [0.4, 0.5) is 18.9 Å². The smallest absolute Gasteiger partial charge is 0.373 e. The standard InChI is InChI=1S/C11H10Cl2F3NO4S/c1-10(19,11(14,15)16)9(18)17-5-3-4-6(22(2,20)21)8(13)7(5)12/h3-4,19H,1-2H3,(H,17,18). The topological polar surface area (TPSA) is 83.5 Å². The van der Waals surface area contributed by atoms with Crippen LogP contribution in [0.2, 0.25) is 10.0 Å². The maximum Gasteiger partial charge on any atom is 0.426 e. The molecular weight excluding hydrogens is 370 g/mol. The molecule has 1 unspecified atom stereocenters. The summed E-state index contributed by atoms with van der Waals surface area (Å²) in [5.41, 5.74) is -4.02. The maximum atomic E-state index is 12.5. The van der Waals surface area contributed by atoms with Crippen LogP contribution in [0.25, 0.3) is 0 Å². The van der Waals surface area contributed by atoms with Gasteiger partial charge in [0, 0.05) is 6.26 Å². The molecule has 11 heteroatoms. The minimum absolute atomic E-state index is 0.267. The lowest BCUT2D eigenvalue weighted by Gasteiger charge is -2.25. The predicted molar refractivity (Wildman–Crippen MR) is 74.9 cm³/mol. The summed E-state index contributed by atoms with van der Waals surface area (Å²) in [5, 5.41) is 10.1. The van der Waals surface area contributed by atoms with Crippen molar-refractivity contribution < 1.29 is 31.5 Å². The van der Waals surface area contributed by atoms with Gasteiger partial charge in [-0.3, -0.25) is 4.79 Å². The molecule has 1 aromatic carbocycles. The van der Waals surface area contributed by atoms with E-state index in [9.17, 15) is 31.5 Å². The number of carbonyl (C=O) groups excluding carboxylic acids is 1. The van der Waals surface area contributed by atoms with E-state index < -0.39 is 37.6 Å². The first kappa shape index (κ1) is 19.0. The first-order chi connectivity index (χ1) is 9.69. The number of benzene rings is 1. The Morgan fingerprint density at radius 3 is 2.14 bits per heavy atom. The van der Waals surface area contributed by atoms with Crippen LogP contribution >= 0.6 is 23.2 Å². The van der Waals surface area contributed by atoms with E-state index in [0.717, 1.165) is 18.4 Å². The highest BCUT2D eigenvalue weighted by atomic mass is 35.5. The van der Waals surface area contributed by atoms with Gasteiger partial charge in [0.1, 0.15) is 0 Å². The van der Waals surface area contributed by atoms with Gasteiger partial charge in [-0.05, 0) is 19.1 Å². The zero-order valence-corrected chi connectivity index (χ0v) is 13.5. The minimum atomic E-state index is -5.21. The molecule has 2 N–H and O–H groups in total. The van der Waals surface area contributed by atoms with Crippen molar-refractivity contribution in [1.29, 1.82) is 0 Å². The van der Waals surface area contributed by atoms with Crippen molar-refractivity contribution in [2.45, 2.75) is 23.6 Å². The Bertz CT molecular complexity index is 717. The molecule has 1 atom stereocenters. The van der Waals surface area contributed by atoms with Crippen LogP contribution in [-0.4, -0.2) is 37.5 Å². The Hall–Kier alpha value is -1.03. The molecule has 0 heterocycles. The monoisotopic (exact) mass is 379 g/mol. The molecule has 0 spiro atoms. The molecule has 1 amide bonds. The van der Waals surface area contributed by atoms with Gasteiger partial charge in [-0.15, -0.1) is 0 Å². The number of hydrogen-bond donors (Lipinski definition) is 2. The molecule has 0 aliphatic heterocycles. The van der Waals surface area contributed by atoms with Crippen LogP contribution in [0, 0.1) is 0 Å². The molecule has 0 aromatic heterocycles. The van der Waals surface area contributed by atoms with E-state index in [-0.39, 0.29) is 17.5 Å². The summed E-state index contributed by atoms with van der Waals surface area (Å²) in [6, 6.07) is 1.94. The highest BCUT2D eigenvalue weighted by molar-refractivity contribution is 7.90. The van der Waals surface area contributed by atoms with Gasteiger partial charge >= 0.3 is 6.18 Å². The van der Waals surface area contributed by atoms with Gasteiger partial charge in [-0.25, -0.2) is 8.42 Å². The fraction of sp³-hybridized carbons (Fsp3) is 0.364. The summed E-state index contributed by atoms with van der Waals surface area (Å²) in [7, 11) is -3.71. The van der Waals surface area contributed by atoms with E-state index in [2.05, 4.69) is 0 Å². The van der Waals surface area contributed by atoms with E-state index in [0.29, 0.717) is 0 Å². The molecule has 0 radical (unpaired) electrons. The average Bonchev–Trinajstić information content (AvgIpc) is 2.31. The number of sulfone groups is 1. The van der Waals surface area contributed by atoms with E-state index in [1.165, 1.54) is 0 Å². The van der Waals surface area contributed by atoms with Crippen molar-refractivity contribution >= 4 is 44.6 Å². The zero-order valence-electron chi connectivity index (χ0n) is 11.1. The summed E-state index contributed by atoms with van der Waals surface area (Å²) >= 11 is 11.5. The molecule has 0 aliphatic carbocycles. The third-order valence-electron chi connectivity index (χ3n) is 2.69. The predicted octanol–water partition coefficient (Wildman–Crippen LogP) is 2.65. The average molecular weight is 380 g/mol. The fourth-order valence-electron chi connectivity index (χ4n) is 1.29. The lowest BCUT2D eigenvalue weighted by Crippen LogP contribution is -2.52. The van der Waals surface area contributed by atoms with E-state index in [1.807, 2.05) is 0 Å². The van der Waals surface area contributed by atoms with Crippen molar-refractivity contribution in [2.24, 2.45) is 0 Å². The Labute approximate surface area is 133 Å². The molecule has 0 saturated carbocycles.